The van der Waals surface area contributed by atoms with Crippen molar-refractivity contribution >= 4 is 21.6 Å². The highest BCUT2D eigenvalue weighted by Gasteiger charge is 2.07. The Morgan fingerprint density at radius 1 is 1.63 bits per heavy atom. The molecule has 1 N–H and O–H groups in total. The molecule has 104 valence electrons. The van der Waals surface area contributed by atoms with Crippen LogP contribution in [0.25, 0.3) is 0 Å². The van der Waals surface area contributed by atoms with E-state index in [0.717, 1.165) is 6.61 Å². The Balaban J connectivity index is 2.54. The Labute approximate surface area is 121 Å². The van der Waals surface area contributed by atoms with E-state index in [1.54, 1.807) is 6.20 Å². The van der Waals surface area contributed by atoms with Crippen LogP contribution in [0.5, 0.6) is 0 Å². The Bertz CT molecular complexity index is 506. The van der Waals surface area contributed by atoms with E-state index >= 15 is 0 Å². The standard InChI is InChI=1S/C13H18BrN3O2/c1-4-6-17-13(18)12(14)11(8-16-17)15-5-7-19-9-10(2)3/h1,8,10,15H,5-7,9H2,2-3H3. The fourth-order valence-electron chi connectivity index (χ4n) is 1.36. The molecule has 0 spiro atoms. The molecule has 6 heteroatoms. The number of rotatable bonds is 7. The first-order valence-electron chi connectivity index (χ1n) is 6.07. The molecule has 0 aliphatic rings. The van der Waals surface area contributed by atoms with Gasteiger partial charge in [-0.3, -0.25) is 4.79 Å². The summed E-state index contributed by atoms with van der Waals surface area (Å²) in [5.41, 5.74) is 0.400. The zero-order valence-corrected chi connectivity index (χ0v) is 12.7. The van der Waals surface area contributed by atoms with Crippen molar-refractivity contribution < 1.29 is 4.74 Å². The first kappa shape index (κ1) is 15.7. The van der Waals surface area contributed by atoms with Gasteiger partial charge in [0.2, 0.25) is 0 Å². The topological polar surface area (TPSA) is 56.1 Å². The van der Waals surface area contributed by atoms with Crippen molar-refractivity contribution in [3.63, 3.8) is 0 Å². The molecule has 1 rings (SSSR count). The molecule has 0 unspecified atom stereocenters. The summed E-state index contributed by atoms with van der Waals surface area (Å²) in [6, 6.07) is 0. The molecule has 0 radical (unpaired) electrons. The molecule has 5 nitrogen and oxygen atoms in total. The molecule has 0 bridgehead atoms. The number of halogens is 1. The Kier molecular flexibility index (Phi) is 6.60. The largest absolute Gasteiger partial charge is 0.380 e. The van der Waals surface area contributed by atoms with Gasteiger partial charge in [0, 0.05) is 13.2 Å². The molecule has 1 aromatic rings. The SMILES string of the molecule is C#CCn1ncc(NCCOCC(C)C)c(Br)c1=O. The lowest BCUT2D eigenvalue weighted by Crippen LogP contribution is -2.24. The van der Waals surface area contributed by atoms with Crippen LogP contribution < -0.4 is 10.9 Å². The van der Waals surface area contributed by atoms with E-state index in [0.29, 0.717) is 29.2 Å². The molecule has 0 fully saturated rings. The molecule has 0 aliphatic carbocycles. The fraction of sp³-hybridized carbons (Fsp3) is 0.538. The van der Waals surface area contributed by atoms with Gasteiger partial charge in [-0.15, -0.1) is 6.42 Å². The molecular weight excluding hydrogens is 310 g/mol. The molecule has 1 aromatic heterocycles. The zero-order valence-electron chi connectivity index (χ0n) is 11.1. The van der Waals surface area contributed by atoms with E-state index in [1.807, 2.05) is 0 Å². The van der Waals surface area contributed by atoms with Gasteiger partial charge in [0.1, 0.15) is 11.0 Å². The molecule has 0 atom stereocenters. The van der Waals surface area contributed by atoms with E-state index < -0.39 is 0 Å². The van der Waals surface area contributed by atoms with Crippen LogP contribution in [0.3, 0.4) is 0 Å². The Morgan fingerprint density at radius 2 is 2.37 bits per heavy atom. The predicted octanol–water partition coefficient (Wildman–Crippen LogP) is 1.72. The number of terminal acetylenes is 1. The summed E-state index contributed by atoms with van der Waals surface area (Å²) < 4.78 is 7.10. The van der Waals surface area contributed by atoms with Gasteiger partial charge in [0.15, 0.2) is 0 Å². The number of hydrogen-bond donors (Lipinski definition) is 1. The summed E-state index contributed by atoms with van der Waals surface area (Å²) in [7, 11) is 0. The van der Waals surface area contributed by atoms with Gasteiger partial charge in [-0.2, -0.15) is 5.10 Å². The van der Waals surface area contributed by atoms with Crippen molar-refractivity contribution in [1.82, 2.24) is 9.78 Å². The van der Waals surface area contributed by atoms with Crippen molar-refractivity contribution in [2.75, 3.05) is 25.1 Å². The molecule has 19 heavy (non-hydrogen) atoms. The number of hydrogen-bond acceptors (Lipinski definition) is 4. The summed E-state index contributed by atoms with van der Waals surface area (Å²) in [5.74, 6) is 2.90. The van der Waals surface area contributed by atoms with Crippen molar-refractivity contribution in [3.05, 3.63) is 21.0 Å². The maximum atomic E-state index is 11.8. The number of aromatic nitrogens is 2. The average Bonchev–Trinajstić information content (AvgIpc) is 2.37. The highest BCUT2D eigenvalue weighted by atomic mass is 79.9. The maximum Gasteiger partial charge on any atom is 0.284 e. The summed E-state index contributed by atoms with van der Waals surface area (Å²) in [5, 5.41) is 7.08. The van der Waals surface area contributed by atoms with Crippen LogP contribution in [-0.4, -0.2) is 29.5 Å². The maximum absolute atomic E-state index is 11.8. The third-order valence-corrected chi connectivity index (χ3v) is 3.01. The van der Waals surface area contributed by atoms with Crippen LogP contribution in [0, 0.1) is 18.3 Å². The lowest BCUT2D eigenvalue weighted by atomic mass is 10.2. The summed E-state index contributed by atoms with van der Waals surface area (Å²) in [6.45, 7) is 6.28. The van der Waals surface area contributed by atoms with Crippen molar-refractivity contribution in [1.29, 1.82) is 0 Å². The van der Waals surface area contributed by atoms with Crippen LogP contribution in [0.15, 0.2) is 15.5 Å². The molecule has 0 aliphatic heterocycles. The van der Waals surface area contributed by atoms with Crippen molar-refractivity contribution in [2.24, 2.45) is 5.92 Å². The average molecular weight is 328 g/mol. The molecule has 1 heterocycles. The third kappa shape index (κ3) is 5.05. The van der Waals surface area contributed by atoms with Gasteiger partial charge in [0.25, 0.3) is 5.56 Å². The lowest BCUT2D eigenvalue weighted by Gasteiger charge is -2.10. The van der Waals surface area contributed by atoms with Crippen LogP contribution >= 0.6 is 15.9 Å². The van der Waals surface area contributed by atoms with Crippen molar-refractivity contribution in [3.8, 4) is 12.3 Å². The van der Waals surface area contributed by atoms with Gasteiger partial charge in [-0.05, 0) is 21.8 Å². The Morgan fingerprint density at radius 3 is 3.00 bits per heavy atom. The molecule has 0 saturated heterocycles. The molecule has 0 amide bonds. The van der Waals surface area contributed by atoms with Gasteiger partial charge in [-0.25, -0.2) is 4.68 Å². The Hall–Kier alpha value is -1.32. The minimum Gasteiger partial charge on any atom is -0.380 e. The monoisotopic (exact) mass is 327 g/mol. The van der Waals surface area contributed by atoms with Gasteiger partial charge in [0.05, 0.1) is 18.5 Å². The van der Waals surface area contributed by atoms with Crippen LogP contribution in [-0.2, 0) is 11.3 Å². The second-order valence-electron chi connectivity index (χ2n) is 4.43. The van der Waals surface area contributed by atoms with Gasteiger partial charge < -0.3 is 10.1 Å². The lowest BCUT2D eigenvalue weighted by molar-refractivity contribution is 0.118. The highest BCUT2D eigenvalue weighted by Crippen LogP contribution is 2.15. The number of ether oxygens (including phenoxy) is 1. The van der Waals surface area contributed by atoms with E-state index in [9.17, 15) is 4.79 Å². The summed E-state index contributed by atoms with van der Waals surface area (Å²) in [6.07, 6.45) is 6.73. The number of nitrogens with one attached hydrogen (secondary N) is 1. The highest BCUT2D eigenvalue weighted by molar-refractivity contribution is 9.10. The second-order valence-corrected chi connectivity index (χ2v) is 5.23. The van der Waals surface area contributed by atoms with Crippen LogP contribution in [0.4, 0.5) is 5.69 Å². The second kappa shape index (κ2) is 7.97. The summed E-state index contributed by atoms with van der Waals surface area (Å²) >= 11 is 3.25. The molecule has 0 saturated carbocycles. The van der Waals surface area contributed by atoms with E-state index in [2.05, 4.69) is 46.1 Å². The minimum atomic E-state index is -0.244. The smallest absolute Gasteiger partial charge is 0.284 e. The fourth-order valence-corrected chi connectivity index (χ4v) is 1.81. The minimum absolute atomic E-state index is 0.162. The van der Waals surface area contributed by atoms with Crippen LogP contribution in [0.2, 0.25) is 0 Å². The number of anilines is 1. The van der Waals surface area contributed by atoms with E-state index in [-0.39, 0.29) is 12.1 Å². The quantitative estimate of drug-likeness (QED) is 0.612. The first-order chi connectivity index (χ1) is 9.06. The van der Waals surface area contributed by atoms with Gasteiger partial charge >= 0.3 is 0 Å². The predicted molar refractivity (Wildman–Crippen MR) is 79.2 cm³/mol. The van der Waals surface area contributed by atoms with Crippen molar-refractivity contribution in [2.45, 2.75) is 20.4 Å². The summed E-state index contributed by atoms with van der Waals surface area (Å²) in [4.78, 5) is 11.8. The van der Waals surface area contributed by atoms with E-state index in [1.165, 1.54) is 4.68 Å². The first-order valence-corrected chi connectivity index (χ1v) is 6.86. The normalized spacial score (nSPS) is 10.5. The van der Waals surface area contributed by atoms with E-state index in [4.69, 9.17) is 11.2 Å². The van der Waals surface area contributed by atoms with Crippen LogP contribution in [0.1, 0.15) is 13.8 Å². The molecule has 0 aromatic carbocycles. The third-order valence-electron chi connectivity index (χ3n) is 2.24. The zero-order chi connectivity index (χ0) is 14.3. The van der Waals surface area contributed by atoms with Gasteiger partial charge in [-0.1, -0.05) is 19.8 Å². The number of nitrogens with zero attached hydrogens (tertiary/aromatic N) is 2. The molecular formula is C13H18BrN3O2.